The van der Waals surface area contributed by atoms with E-state index in [0.717, 1.165) is 18.2 Å². The average Bonchev–Trinajstić information content (AvgIpc) is 2.53. The van der Waals surface area contributed by atoms with Gasteiger partial charge in [-0.2, -0.15) is 0 Å². The van der Waals surface area contributed by atoms with Gasteiger partial charge in [-0.15, -0.1) is 0 Å². The molecule has 0 radical (unpaired) electrons. The molecular weight excluding hydrogens is 323 g/mol. The highest BCUT2D eigenvalue weighted by Crippen LogP contribution is 2.16. The zero-order valence-electron chi connectivity index (χ0n) is 12.7. The van der Waals surface area contributed by atoms with Crippen molar-refractivity contribution < 1.29 is 27.5 Å². The molecule has 2 aromatic rings. The molecule has 0 saturated heterocycles. The topological polar surface area (TPSA) is 55.4 Å². The molecule has 1 amide bonds. The Morgan fingerprint density at radius 3 is 2.50 bits per heavy atom. The fraction of sp³-hybridized carbons (Fsp3) is 0.176. The largest absolute Gasteiger partial charge is 0.452 e. The number of nitrogens with one attached hydrogen (secondary N) is 1. The smallest absolute Gasteiger partial charge is 0.311 e. The van der Waals surface area contributed by atoms with Crippen molar-refractivity contribution in [2.45, 2.75) is 19.4 Å². The summed E-state index contributed by atoms with van der Waals surface area (Å²) in [5, 5.41) is 2.13. The van der Waals surface area contributed by atoms with E-state index < -0.39 is 35.4 Å². The van der Waals surface area contributed by atoms with E-state index in [9.17, 15) is 22.8 Å². The molecule has 1 N–H and O–H groups in total. The standard InChI is InChI=1S/C17H14F3NO3/c1-10(17(23)21-15-9-12(18)6-7-14(15)20)24-16(22)8-11-4-2-3-5-13(11)19/h2-7,9-10H,8H2,1H3,(H,21,23)/t10-/m0/s1. The number of carbonyl (C=O) groups excluding carboxylic acids is 2. The van der Waals surface area contributed by atoms with E-state index in [1.54, 1.807) is 6.07 Å². The van der Waals surface area contributed by atoms with E-state index in [0.29, 0.717) is 0 Å². The van der Waals surface area contributed by atoms with Crippen molar-refractivity contribution in [2.75, 3.05) is 5.32 Å². The van der Waals surface area contributed by atoms with Crippen LogP contribution in [0.2, 0.25) is 0 Å². The van der Waals surface area contributed by atoms with Crippen LogP contribution in [0.3, 0.4) is 0 Å². The molecule has 0 aliphatic rings. The third kappa shape index (κ3) is 4.58. The van der Waals surface area contributed by atoms with Crippen molar-refractivity contribution in [1.82, 2.24) is 0 Å². The second-order valence-electron chi connectivity index (χ2n) is 5.01. The number of rotatable bonds is 5. The van der Waals surface area contributed by atoms with E-state index in [4.69, 9.17) is 4.74 Å². The number of esters is 1. The Bertz CT molecular complexity index is 764. The first-order chi connectivity index (χ1) is 11.4. The Morgan fingerprint density at radius 1 is 1.08 bits per heavy atom. The summed E-state index contributed by atoms with van der Waals surface area (Å²) >= 11 is 0. The van der Waals surface area contributed by atoms with Crippen LogP contribution in [0.1, 0.15) is 12.5 Å². The summed E-state index contributed by atoms with van der Waals surface area (Å²) in [5.74, 6) is -3.76. The monoisotopic (exact) mass is 337 g/mol. The van der Waals surface area contributed by atoms with Gasteiger partial charge >= 0.3 is 5.97 Å². The Balaban J connectivity index is 1.95. The lowest BCUT2D eigenvalue weighted by atomic mass is 10.1. The van der Waals surface area contributed by atoms with Gasteiger partial charge < -0.3 is 10.1 Å². The minimum absolute atomic E-state index is 0.131. The average molecular weight is 337 g/mol. The summed E-state index contributed by atoms with van der Waals surface area (Å²) in [7, 11) is 0. The molecule has 7 heteroatoms. The first-order valence-electron chi connectivity index (χ1n) is 7.05. The molecule has 2 aromatic carbocycles. The van der Waals surface area contributed by atoms with E-state index in [1.165, 1.54) is 25.1 Å². The third-order valence-electron chi connectivity index (χ3n) is 3.16. The van der Waals surface area contributed by atoms with E-state index in [1.807, 2.05) is 0 Å². The molecule has 1 atom stereocenters. The number of hydrogen-bond donors (Lipinski definition) is 1. The highest BCUT2D eigenvalue weighted by Gasteiger charge is 2.20. The lowest BCUT2D eigenvalue weighted by Gasteiger charge is -2.14. The second kappa shape index (κ2) is 7.63. The lowest BCUT2D eigenvalue weighted by molar-refractivity contribution is -0.152. The molecule has 0 spiro atoms. The van der Waals surface area contributed by atoms with E-state index >= 15 is 0 Å². The molecular formula is C17H14F3NO3. The Hall–Kier alpha value is -2.83. The van der Waals surface area contributed by atoms with Gasteiger partial charge in [0.1, 0.15) is 17.5 Å². The zero-order chi connectivity index (χ0) is 17.7. The molecule has 0 unspecified atom stereocenters. The van der Waals surface area contributed by atoms with Gasteiger partial charge in [-0.05, 0) is 30.7 Å². The van der Waals surface area contributed by atoms with E-state index in [2.05, 4.69) is 5.32 Å². The maximum Gasteiger partial charge on any atom is 0.311 e. The van der Waals surface area contributed by atoms with Crippen molar-refractivity contribution in [3.05, 3.63) is 65.5 Å². The van der Waals surface area contributed by atoms with Crippen LogP contribution in [0.5, 0.6) is 0 Å². The Labute approximate surface area is 136 Å². The normalized spacial score (nSPS) is 11.7. The predicted molar refractivity (Wildman–Crippen MR) is 80.6 cm³/mol. The number of anilines is 1. The number of benzene rings is 2. The minimum Gasteiger partial charge on any atom is -0.452 e. The van der Waals surface area contributed by atoms with Gasteiger partial charge in [-0.1, -0.05) is 18.2 Å². The van der Waals surface area contributed by atoms with Crippen molar-refractivity contribution in [3.8, 4) is 0 Å². The fourth-order valence-electron chi connectivity index (χ4n) is 1.92. The minimum atomic E-state index is -1.26. The van der Waals surface area contributed by atoms with Gasteiger partial charge in [0.15, 0.2) is 6.10 Å². The summed E-state index contributed by atoms with van der Waals surface area (Å²) < 4.78 is 44.8. The fourth-order valence-corrected chi connectivity index (χ4v) is 1.92. The van der Waals surface area contributed by atoms with Gasteiger partial charge in [-0.25, -0.2) is 13.2 Å². The number of amides is 1. The number of halogens is 3. The van der Waals surface area contributed by atoms with Gasteiger partial charge in [0.2, 0.25) is 0 Å². The molecule has 0 aliphatic heterocycles. The number of ether oxygens (including phenoxy) is 1. The van der Waals surface area contributed by atoms with Crippen LogP contribution >= 0.6 is 0 Å². The summed E-state index contributed by atoms with van der Waals surface area (Å²) in [5.41, 5.74) is -0.233. The molecule has 0 saturated carbocycles. The van der Waals surface area contributed by atoms with Gasteiger partial charge in [0, 0.05) is 6.07 Å². The van der Waals surface area contributed by atoms with Crippen LogP contribution in [-0.4, -0.2) is 18.0 Å². The van der Waals surface area contributed by atoms with Crippen LogP contribution < -0.4 is 5.32 Å². The van der Waals surface area contributed by atoms with Crippen molar-refractivity contribution in [2.24, 2.45) is 0 Å². The van der Waals surface area contributed by atoms with Crippen LogP contribution in [-0.2, 0) is 20.7 Å². The molecule has 0 heterocycles. The Kier molecular flexibility index (Phi) is 5.57. The van der Waals surface area contributed by atoms with E-state index in [-0.39, 0.29) is 17.7 Å². The van der Waals surface area contributed by atoms with Gasteiger partial charge in [0.25, 0.3) is 5.91 Å². The molecule has 0 aromatic heterocycles. The van der Waals surface area contributed by atoms with Crippen molar-refractivity contribution >= 4 is 17.6 Å². The first-order valence-corrected chi connectivity index (χ1v) is 7.05. The first kappa shape index (κ1) is 17.5. The van der Waals surface area contributed by atoms with Crippen LogP contribution in [0.25, 0.3) is 0 Å². The van der Waals surface area contributed by atoms with Crippen LogP contribution in [0.4, 0.5) is 18.9 Å². The summed E-state index contributed by atoms with van der Waals surface area (Å²) in [6, 6.07) is 8.24. The molecule has 0 aliphatic carbocycles. The quantitative estimate of drug-likeness (QED) is 0.853. The number of hydrogen-bond acceptors (Lipinski definition) is 3. The van der Waals surface area contributed by atoms with Crippen LogP contribution in [0.15, 0.2) is 42.5 Å². The SMILES string of the molecule is C[C@H](OC(=O)Cc1ccccc1F)C(=O)Nc1cc(F)ccc1F. The molecule has 0 bridgehead atoms. The van der Waals surface area contributed by atoms with Crippen molar-refractivity contribution in [1.29, 1.82) is 0 Å². The molecule has 126 valence electrons. The highest BCUT2D eigenvalue weighted by atomic mass is 19.1. The van der Waals surface area contributed by atoms with Crippen molar-refractivity contribution in [3.63, 3.8) is 0 Å². The predicted octanol–water partition coefficient (Wildman–Crippen LogP) is 3.22. The highest BCUT2D eigenvalue weighted by molar-refractivity contribution is 5.95. The maximum atomic E-state index is 13.5. The molecule has 2 rings (SSSR count). The number of carbonyl (C=O) groups is 2. The zero-order valence-corrected chi connectivity index (χ0v) is 12.7. The van der Waals surface area contributed by atoms with Gasteiger partial charge in [0.05, 0.1) is 12.1 Å². The molecule has 0 fully saturated rings. The maximum absolute atomic E-state index is 13.5. The second-order valence-corrected chi connectivity index (χ2v) is 5.01. The summed E-state index contributed by atoms with van der Waals surface area (Å²) in [4.78, 5) is 23.6. The summed E-state index contributed by atoms with van der Waals surface area (Å²) in [6.07, 6.45) is -1.61. The molecule has 24 heavy (non-hydrogen) atoms. The summed E-state index contributed by atoms with van der Waals surface area (Å²) in [6.45, 7) is 1.27. The Morgan fingerprint density at radius 2 is 1.79 bits per heavy atom. The molecule has 4 nitrogen and oxygen atoms in total. The third-order valence-corrected chi connectivity index (χ3v) is 3.16. The lowest BCUT2D eigenvalue weighted by Crippen LogP contribution is -2.30. The van der Waals surface area contributed by atoms with Crippen LogP contribution in [0, 0.1) is 17.5 Å². The van der Waals surface area contributed by atoms with Gasteiger partial charge in [-0.3, -0.25) is 9.59 Å².